The molecule has 2 rings (SSSR count). The molecule has 0 saturated carbocycles. The SMILES string of the molecule is CCNc1ncc(Br)c(NC(C)c2ccncc2)n1. The summed E-state index contributed by atoms with van der Waals surface area (Å²) < 4.78 is 0.843. The van der Waals surface area contributed by atoms with Gasteiger partial charge in [-0.3, -0.25) is 4.98 Å². The maximum absolute atomic E-state index is 4.43. The highest BCUT2D eigenvalue weighted by Gasteiger charge is 2.09. The first-order valence-electron chi connectivity index (χ1n) is 6.13. The van der Waals surface area contributed by atoms with Crippen molar-refractivity contribution in [2.45, 2.75) is 19.9 Å². The predicted molar refractivity (Wildman–Crippen MR) is 80.2 cm³/mol. The van der Waals surface area contributed by atoms with Crippen LogP contribution in [0.15, 0.2) is 35.2 Å². The third kappa shape index (κ3) is 3.64. The zero-order valence-corrected chi connectivity index (χ0v) is 12.5. The van der Waals surface area contributed by atoms with Gasteiger partial charge in [0, 0.05) is 25.1 Å². The maximum Gasteiger partial charge on any atom is 0.224 e. The zero-order valence-electron chi connectivity index (χ0n) is 10.9. The van der Waals surface area contributed by atoms with Crippen LogP contribution in [0.1, 0.15) is 25.5 Å². The predicted octanol–water partition coefficient (Wildman–Crippen LogP) is 3.24. The van der Waals surface area contributed by atoms with Crippen LogP contribution in [0.5, 0.6) is 0 Å². The van der Waals surface area contributed by atoms with Crippen LogP contribution in [0.3, 0.4) is 0 Å². The molecule has 2 N–H and O–H groups in total. The Morgan fingerprint density at radius 3 is 2.74 bits per heavy atom. The van der Waals surface area contributed by atoms with Crippen LogP contribution in [0.25, 0.3) is 0 Å². The first kappa shape index (κ1) is 13.7. The second-order valence-electron chi connectivity index (χ2n) is 4.07. The number of hydrogen-bond donors (Lipinski definition) is 2. The summed E-state index contributed by atoms with van der Waals surface area (Å²) in [7, 11) is 0. The third-order valence-electron chi connectivity index (χ3n) is 2.64. The highest BCUT2D eigenvalue weighted by atomic mass is 79.9. The lowest BCUT2D eigenvalue weighted by molar-refractivity contribution is 0.866. The molecule has 1 atom stereocenters. The topological polar surface area (TPSA) is 62.7 Å². The molecule has 100 valence electrons. The van der Waals surface area contributed by atoms with Gasteiger partial charge in [0.15, 0.2) is 0 Å². The number of halogens is 1. The molecule has 0 radical (unpaired) electrons. The van der Waals surface area contributed by atoms with Gasteiger partial charge in [0.1, 0.15) is 5.82 Å². The van der Waals surface area contributed by atoms with Crippen molar-refractivity contribution in [2.75, 3.05) is 17.2 Å². The van der Waals surface area contributed by atoms with Gasteiger partial charge in [-0.1, -0.05) is 0 Å². The number of anilines is 2. The van der Waals surface area contributed by atoms with Crippen LogP contribution in [-0.2, 0) is 0 Å². The monoisotopic (exact) mass is 321 g/mol. The van der Waals surface area contributed by atoms with Crippen LogP contribution in [0.4, 0.5) is 11.8 Å². The average Bonchev–Trinajstić information content (AvgIpc) is 2.44. The number of aromatic nitrogens is 3. The summed E-state index contributed by atoms with van der Waals surface area (Å²) in [5, 5.41) is 6.45. The van der Waals surface area contributed by atoms with E-state index in [2.05, 4.69) is 48.4 Å². The second-order valence-corrected chi connectivity index (χ2v) is 4.92. The largest absolute Gasteiger partial charge is 0.362 e. The van der Waals surface area contributed by atoms with Crippen molar-refractivity contribution in [3.8, 4) is 0 Å². The van der Waals surface area contributed by atoms with Crippen molar-refractivity contribution in [2.24, 2.45) is 0 Å². The summed E-state index contributed by atoms with van der Waals surface area (Å²) in [6.07, 6.45) is 5.31. The summed E-state index contributed by atoms with van der Waals surface area (Å²) in [6.45, 7) is 4.88. The fraction of sp³-hybridized carbons (Fsp3) is 0.308. The smallest absolute Gasteiger partial charge is 0.224 e. The molecule has 0 amide bonds. The Morgan fingerprint density at radius 1 is 1.32 bits per heavy atom. The van der Waals surface area contributed by atoms with Crippen LogP contribution in [0.2, 0.25) is 0 Å². The summed E-state index contributed by atoms with van der Waals surface area (Å²) >= 11 is 3.45. The van der Waals surface area contributed by atoms with Crippen LogP contribution in [0, 0.1) is 0 Å². The Kier molecular flexibility index (Phi) is 4.68. The van der Waals surface area contributed by atoms with Crippen LogP contribution >= 0.6 is 15.9 Å². The average molecular weight is 322 g/mol. The molecule has 1 unspecified atom stereocenters. The number of nitrogens with zero attached hydrogens (tertiary/aromatic N) is 3. The van der Waals surface area contributed by atoms with E-state index in [1.807, 2.05) is 19.1 Å². The first-order valence-corrected chi connectivity index (χ1v) is 6.93. The quantitative estimate of drug-likeness (QED) is 0.885. The Balaban J connectivity index is 2.16. The minimum absolute atomic E-state index is 0.142. The van der Waals surface area contributed by atoms with E-state index in [0.717, 1.165) is 22.4 Å². The van der Waals surface area contributed by atoms with E-state index in [0.29, 0.717) is 5.95 Å². The molecule has 0 aliphatic carbocycles. The Morgan fingerprint density at radius 2 is 2.05 bits per heavy atom. The Hall–Kier alpha value is -1.69. The van der Waals surface area contributed by atoms with Gasteiger partial charge in [-0.2, -0.15) is 4.98 Å². The van der Waals surface area contributed by atoms with Crippen molar-refractivity contribution < 1.29 is 0 Å². The number of pyridine rings is 1. The van der Waals surface area contributed by atoms with E-state index in [1.54, 1.807) is 18.6 Å². The Labute approximate surface area is 121 Å². The van der Waals surface area contributed by atoms with Crippen LogP contribution < -0.4 is 10.6 Å². The fourth-order valence-electron chi connectivity index (χ4n) is 1.65. The third-order valence-corrected chi connectivity index (χ3v) is 3.22. The molecule has 2 heterocycles. The molecule has 0 aromatic carbocycles. The van der Waals surface area contributed by atoms with Crippen molar-refractivity contribution >= 4 is 27.7 Å². The lowest BCUT2D eigenvalue weighted by atomic mass is 10.1. The molecular formula is C13H16BrN5. The molecule has 0 spiro atoms. The van der Waals surface area contributed by atoms with Gasteiger partial charge in [0.2, 0.25) is 5.95 Å². The zero-order chi connectivity index (χ0) is 13.7. The molecule has 0 bridgehead atoms. The maximum atomic E-state index is 4.43. The number of nitrogens with one attached hydrogen (secondary N) is 2. The van der Waals surface area contributed by atoms with Gasteiger partial charge < -0.3 is 10.6 Å². The molecular weight excluding hydrogens is 306 g/mol. The van der Waals surface area contributed by atoms with Gasteiger partial charge in [0.05, 0.1) is 10.5 Å². The fourth-order valence-corrected chi connectivity index (χ4v) is 1.96. The van der Waals surface area contributed by atoms with Crippen molar-refractivity contribution in [3.05, 3.63) is 40.8 Å². The molecule has 19 heavy (non-hydrogen) atoms. The molecule has 2 aromatic heterocycles. The second kappa shape index (κ2) is 6.47. The summed E-state index contributed by atoms with van der Waals surface area (Å²) in [4.78, 5) is 12.6. The number of hydrogen-bond acceptors (Lipinski definition) is 5. The molecule has 2 aromatic rings. The first-order chi connectivity index (χ1) is 9.20. The molecule has 0 fully saturated rings. The summed E-state index contributed by atoms with van der Waals surface area (Å²) in [5.41, 5.74) is 1.16. The lowest BCUT2D eigenvalue weighted by Crippen LogP contribution is -2.10. The van der Waals surface area contributed by atoms with Gasteiger partial charge in [-0.15, -0.1) is 0 Å². The summed E-state index contributed by atoms with van der Waals surface area (Å²) in [6, 6.07) is 4.11. The van der Waals surface area contributed by atoms with E-state index >= 15 is 0 Å². The molecule has 0 aliphatic rings. The minimum Gasteiger partial charge on any atom is -0.362 e. The molecule has 0 aliphatic heterocycles. The van der Waals surface area contributed by atoms with Crippen LogP contribution in [-0.4, -0.2) is 21.5 Å². The summed E-state index contributed by atoms with van der Waals surface area (Å²) in [5.74, 6) is 1.39. The highest BCUT2D eigenvalue weighted by molar-refractivity contribution is 9.10. The van der Waals surface area contributed by atoms with E-state index in [9.17, 15) is 0 Å². The lowest BCUT2D eigenvalue weighted by Gasteiger charge is -2.16. The van der Waals surface area contributed by atoms with Gasteiger partial charge in [-0.25, -0.2) is 4.98 Å². The van der Waals surface area contributed by atoms with E-state index in [1.165, 1.54) is 0 Å². The van der Waals surface area contributed by atoms with Gasteiger partial charge in [-0.05, 0) is 47.5 Å². The van der Waals surface area contributed by atoms with E-state index in [4.69, 9.17) is 0 Å². The molecule has 5 nitrogen and oxygen atoms in total. The van der Waals surface area contributed by atoms with Gasteiger partial charge in [0.25, 0.3) is 0 Å². The normalized spacial score (nSPS) is 11.9. The number of rotatable bonds is 5. The minimum atomic E-state index is 0.142. The van der Waals surface area contributed by atoms with Crippen molar-refractivity contribution in [3.63, 3.8) is 0 Å². The highest BCUT2D eigenvalue weighted by Crippen LogP contribution is 2.24. The standard InChI is InChI=1S/C13H16BrN5/c1-3-16-13-17-8-11(14)12(19-13)18-9(2)10-4-6-15-7-5-10/h4-9H,3H2,1-2H3,(H2,16,17,18,19). The Bertz CT molecular complexity index is 532. The van der Waals surface area contributed by atoms with Crippen molar-refractivity contribution in [1.29, 1.82) is 0 Å². The molecule has 6 heteroatoms. The molecule has 0 saturated heterocycles. The van der Waals surface area contributed by atoms with Crippen molar-refractivity contribution in [1.82, 2.24) is 15.0 Å². The van der Waals surface area contributed by atoms with E-state index < -0.39 is 0 Å². The van der Waals surface area contributed by atoms with Gasteiger partial charge >= 0.3 is 0 Å². The van der Waals surface area contributed by atoms with E-state index in [-0.39, 0.29) is 6.04 Å².